The Kier molecular flexibility index (Phi) is 4.76. The van der Waals surface area contributed by atoms with Gasteiger partial charge in [0.1, 0.15) is 5.75 Å². The van der Waals surface area contributed by atoms with Crippen LogP contribution in [0.4, 0.5) is 0 Å². The summed E-state index contributed by atoms with van der Waals surface area (Å²) in [7, 11) is -3.48. The van der Waals surface area contributed by atoms with Gasteiger partial charge in [0.05, 0.1) is 12.4 Å². The third kappa shape index (κ3) is 5.51. The zero-order valence-corrected chi connectivity index (χ0v) is 12.0. The first kappa shape index (κ1) is 15.0. The van der Waals surface area contributed by atoms with E-state index in [9.17, 15) is 8.42 Å². The maximum atomic E-state index is 11.1. The Morgan fingerprint density at radius 3 is 2.56 bits per heavy atom. The molecule has 0 saturated carbocycles. The number of hydrogen-bond donors (Lipinski definition) is 1. The summed E-state index contributed by atoms with van der Waals surface area (Å²) in [6.07, 6.45) is 0.942. The molecule has 0 saturated heterocycles. The molecule has 0 aliphatic heterocycles. The van der Waals surface area contributed by atoms with E-state index < -0.39 is 15.4 Å². The van der Waals surface area contributed by atoms with E-state index in [4.69, 9.17) is 9.88 Å². The molecule has 0 atom stereocenters. The van der Waals surface area contributed by atoms with Crippen LogP contribution in [0.2, 0.25) is 0 Å². The first-order valence-corrected chi connectivity index (χ1v) is 7.66. The van der Waals surface area contributed by atoms with Gasteiger partial charge in [-0.25, -0.2) is 13.6 Å². The predicted octanol–water partition coefficient (Wildman–Crippen LogP) is 1.94. The summed E-state index contributed by atoms with van der Waals surface area (Å²) in [6.45, 7) is 6.03. The van der Waals surface area contributed by atoms with E-state index in [0.29, 0.717) is 6.61 Å². The summed E-state index contributed by atoms with van der Waals surface area (Å²) in [5.41, 5.74) is 0.687. The van der Waals surface area contributed by atoms with E-state index >= 15 is 0 Å². The fourth-order valence-corrected chi connectivity index (χ4v) is 2.89. The molecule has 5 heteroatoms. The summed E-state index contributed by atoms with van der Waals surface area (Å²) >= 11 is 0. The molecular formula is C13H21NO3S. The SMILES string of the molecule is CCc1cccc(OCC(C)(C)CS(N)(=O)=O)c1. The van der Waals surface area contributed by atoms with Crippen molar-refractivity contribution in [2.75, 3.05) is 12.4 Å². The fraction of sp³-hybridized carbons (Fsp3) is 0.538. The summed E-state index contributed by atoms with van der Waals surface area (Å²) in [5.74, 6) is 0.671. The van der Waals surface area contributed by atoms with Gasteiger partial charge in [0.15, 0.2) is 0 Å². The normalized spacial score (nSPS) is 12.4. The lowest BCUT2D eigenvalue weighted by atomic mass is 9.98. The number of aryl methyl sites for hydroxylation is 1. The minimum atomic E-state index is -3.48. The second-order valence-electron chi connectivity index (χ2n) is 5.26. The maximum absolute atomic E-state index is 11.1. The Hall–Kier alpha value is -1.07. The number of ether oxygens (including phenoxy) is 1. The second-order valence-corrected chi connectivity index (χ2v) is 6.88. The average molecular weight is 271 g/mol. The lowest BCUT2D eigenvalue weighted by Gasteiger charge is -2.23. The molecule has 1 aromatic rings. The van der Waals surface area contributed by atoms with Gasteiger partial charge in [-0.05, 0) is 24.1 Å². The van der Waals surface area contributed by atoms with Crippen LogP contribution in [0, 0.1) is 5.41 Å². The Bertz CT molecular complexity index is 495. The molecule has 0 aromatic heterocycles. The molecule has 0 aliphatic carbocycles. The van der Waals surface area contributed by atoms with E-state index in [-0.39, 0.29) is 5.75 Å². The number of benzene rings is 1. The van der Waals surface area contributed by atoms with Gasteiger partial charge in [-0.1, -0.05) is 32.9 Å². The van der Waals surface area contributed by atoms with Crippen molar-refractivity contribution in [2.24, 2.45) is 10.6 Å². The van der Waals surface area contributed by atoms with Crippen molar-refractivity contribution in [1.82, 2.24) is 0 Å². The minimum absolute atomic E-state index is 0.0898. The largest absolute Gasteiger partial charge is 0.493 e. The molecule has 4 nitrogen and oxygen atoms in total. The van der Waals surface area contributed by atoms with Gasteiger partial charge in [0.2, 0.25) is 10.0 Å². The van der Waals surface area contributed by atoms with E-state index in [0.717, 1.165) is 12.2 Å². The summed E-state index contributed by atoms with van der Waals surface area (Å²) < 4.78 is 27.8. The topological polar surface area (TPSA) is 69.4 Å². The van der Waals surface area contributed by atoms with Gasteiger partial charge in [-0.2, -0.15) is 0 Å². The van der Waals surface area contributed by atoms with Gasteiger partial charge in [-0.15, -0.1) is 0 Å². The van der Waals surface area contributed by atoms with Crippen LogP contribution in [0.3, 0.4) is 0 Å². The Morgan fingerprint density at radius 1 is 1.33 bits per heavy atom. The highest BCUT2D eigenvalue weighted by molar-refractivity contribution is 7.89. The number of sulfonamides is 1. The van der Waals surface area contributed by atoms with Crippen LogP contribution in [0.5, 0.6) is 5.75 Å². The van der Waals surface area contributed by atoms with E-state index in [1.807, 2.05) is 38.1 Å². The number of rotatable bonds is 6. The average Bonchev–Trinajstić information content (AvgIpc) is 2.24. The van der Waals surface area contributed by atoms with Crippen molar-refractivity contribution >= 4 is 10.0 Å². The molecule has 0 fully saturated rings. The third-order valence-electron chi connectivity index (χ3n) is 2.53. The van der Waals surface area contributed by atoms with E-state index in [1.165, 1.54) is 5.56 Å². The standard InChI is InChI=1S/C13H21NO3S/c1-4-11-6-5-7-12(8-11)17-9-13(2,3)10-18(14,15)16/h5-8H,4,9-10H2,1-3H3,(H2,14,15,16). The quantitative estimate of drug-likeness (QED) is 0.859. The van der Waals surface area contributed by atoms with Gasteiger partial charge in [0, 0.05) is 5.41 Å². The minimum Gasteiger partial charge on any atom is -0.493 e. The van der Waals surface area contributed by atoms with Crippen molar-refractivity contribution in [3.63, 3.8) is 0 Å². The lowest BCUT2D eigenvalue weighted by molar-refractivity contribution is 0.199. The molecular weight excluding hydrogens is 250 g/mol. The van der Waals surface area contributed by atoms with Crippen molar-refractivity contribution in [2.45, 2.75) is 27.2 Å². The predicted molar refractivity (Wildman–Crippen MR) is 73.1 cm³/mol. The Morgan fingerprint density at radius 2 is 2.00 bits per heavy atom. The highest BCUT2D eigenvalue weighted by Crippen LogP contribution is 2.21. The summed E-state index contributed by atoms with van der Waals surface area (Å²) in [4.78, 5) is 0. The molecule has 0 amide bonds. The molecule has 18 heavy (non-hydrogen) atoms. The van der Waals surface area contributed by atoms with Crippen LogP contribution in [0.25, 0.3) is 0 Å². The van der Waals surface area contributed by atoms with Crippen molar-refractivity contribution in [3.05, 3.63) is 29.8 Å². The summed E-state index contributed by atoms with van der Waals surface area (Å²) in [5, 5.41) is 5.05. The van der Waals surface area contributed by atoms with Crippen molar-refractivity contribution in [3.8, 4) is 5.75 Å². The van der Waals surface area contributed by atoms with Gasteiger partial charge in [-0.3, -0.25) is 0 Å². The lowest BCUT2D eigenvalue weighted by Crippen LogP contribution is -2.33. The number of hydrogen-bond acceptors (Lipinski definition) is 3. The zero-order valence-electron chi connectivity index (χ0n) is 11.1. The number of primary sulfonamides is 1. The van der Waals surface area contributed by atoms with Crippen LogP contribution >= 0.6 is 0 Å². The first-order chi connectivity index (χ1) is 8.22. The van der Waals surface area contributed by atoms with Gasteiger partial charge in [0.25, 0.3) is 0 Å². The van der Waals surface area contributed by atoms with Crippen molar-refractivity contribution in [1.29, 1.82) is 0 Å². The second kappa shape index (κ2) is 5.71. The fourth-order valence-electron chi connectivity index (χ4n) is 1.72. The van der Waals surface area contributed by atoms with Crippen LogP contribution in [-0.4, -0.2) is 20.8 Å². The van der Waals surface area contributed by atoms with Crippen LogP contribution in [0.1, 0.15) is 26.3 Å². The summed E-state index contributed by atoms with van der Waals surface area (Å²) in [6, 6.07) is 7.79. The zero-order chi connectivity index (χ0) is 13.8. The Balaban J connectivity index is 2.63. The molecule has 0 spiro atoms. The smallest absolute Gasteiger partial charge is 0.209 e. The molecule has 1 aromatic carbocycles. The van der Waals surface area contributed by atoms with E-state index in [2.05, 4.69) is 6.92 Å². The van der Waals surface area contributed by atoms with Crippen LogP contribution in [-0.2, 0) is 16.4 Å². The highest BCUT2D eigenvalue weighted by atomic mass is 32.2. The number of nitrogens with two attached hydrogens (primary N) is 1. The molecule has 0 radical (unpaired) electrons. The third-order valence-corrected chi connectivity index (χ3v) is 3.71. The molecule has 2 N–H and O–H groups in total. The molecule has 102 valence electrons. The van der Waals surface area contributed by atoms with Gasteiger partial charge >= 0.3 is 0 Å². The Labute approximate surface area is 109 Å². The maximum Gasteiger partial charge on any atom is 0.209 e. The van der Waals surface area contributed by atoms with Crippen LogP contribution < -0.4 is 9.88 Å². The van der Waals surface area contributed by atoms with Crippen molar-refractivity contribution < 1.29 is 13.2 Å². The molecule has 1 rings (SSSR count). The highest BCUT2D eigenvalue weighted by Gasteiger charge is 2.25. The molecule has 0 bridgehead atoms. The molecule has 0 heterocycles. The molecule has 0 aliphatic rings. The van der Waals surface area contributed by atoms with E-state index in [1.54, 1.807) is 0 Å². The molecule has 0 unspecified atom stereocenters. The monoisotopic (exact) mass is 271 g/mol. The first-order valence-electron chi connectivity index (χ1n) is 5.94. The van der Waals surface area contributed by atoms with Gasteiger partial charge < -0.3 is 4.74 Å². The van der Waals surface area contributed by atoms with Crippen LogP contribution in [0.15, 0.2) is 24.3 Å².